The third-order valence-electron chi connectivity index (χ3n) is 2.85. The van der Waals surface area contributed by atoms with Crippen LogP contribution < -0.4 is 10.6 Å². The summed E-state index contributed by atoms with van der Waals surface area (Å²) in [4.78, 5) is 10.4. The number of aliphatic hydroxyl groups excluding tert-OH is 1. The lowest BCUT2D eigenvalue weighted by atomic mass is 10.0. The highest BCUT2D eigenvalue weighted by Gasteiger charge is 2.27. The highest BCUT2D eigenvalue weighted by molar-refractivity contribution is 5.38. The molecule has 1 aliphatic rings. The molecule has 1 aromatic rings. The molecule has 2 rings (SSSR count). The van der Waals surface area contributed by atoms with Gasteiger partial charge in [-0.25, -0.2) is 9.97 Å². The third kappa shape index (κ3) is 2.18. The topological polar surface area (TPSA) is 75.3 Å². The quantitative estimate of drug-likeness (QED) is 0.729. The molecule has 2 unspecified atom stereocenters. The molecule has 3 N–H and O–H groups in total. The van der Waals surface area contributed by atoms with Gasteiger partial charge < -0.3 is 15.7 Å². The van der Waals surface area contributed by atoms with Crippen LogP contribution in [-0.4, -0.2) is 34.3 Å². The lowest BCUT2D eigenvalue weighted by molar-refractivity contribution is 0.136. The van der Waals surface area contributed by atoms with E-state index in [9.17, 15) is 5.11 Å². The highest BCUT2D eigenvalue weighted by atomic mass is 16.3. The van der Waals surface area contributed by atoms with Crippen LogP contribution in [0.4, 0.5) is 11.6 Å². The molecule has 82 valence electrons. The van der Waals surface area contributed by atoms with Gasteiger partial charge in [0.05, 0.1) is 24.2 Å². The van der Waals surface area contributed by atoms with Crippen molar-refractivity contribution in [2.75, 3.05) is 23.7 Å². The van der Waals surface area contributed by atoms with Crippen molar-refractivity contribution >= 4 is 11.6 Å². The smallest absolute Gasteiger partial charge is 0.225 e. The number of aliphatic hydroxyl groups is 1. The predicted octanol–water partition coefficient (Wildman–Crippen LogP) is 0.266. The number of rotatable bonds is 2. The fourth-order valence-corrected chi connectivity index (χ4v) is 1.86. The molecule has 5 heteroatoms. The summed E-state index contributed by atoms with van der Waals surface area (Å²) in [5.41, 5.74) is 6.09. The van der Waals surface area contributed by atoms with Crippen molar-refractivity contribution in [1.29, 1.82) is 0 Å². The van der Waals surface area contributed by atoms with Crippen molar-refractivity contribution in [3.05, 3.63) is 12.4 Å². The Bertz CT molecular complexity index is 325. The van der Waals surface area contributed by atoms with Gasteiger partial charge in [0.25, 0.3) is 0 Å². The lowest BCUT2D eigenvalue weighted by Crippen LogP contribution is -2.25. The van der Waals surface area contributed by atoms with Gasteiger partial charge in [-0.2, -0.15) is 0 Å². The van der Waals surface area contributed by atoms with Crippen LogP contribution in [0.2, 0.25) is 0 Å². The molecule has 0 amide bonds. The average molecular weight is 208 g/mol. The van der Waals surface area contributed by atoms with Crippen molar-refractivity contribution in [1.82, 2.24) is 9.97 Å². The maximum Gasteiger partial charge on any atom is 0.225 e. The van der Waals surface area contributed by atoms with E-state index >= 15 is 0 Å². The van der Waals surface area contributed by atoms with Crippen LogP contribution in [0.25, 0.3) is 0 Å². The molecule has 1 fully saturated rings. The molecule has 1 aliphatic heterocycles. The van der Waals surface area contributed by atoms with Crippen molar-refractivity contribution in [3.63, 3.8) is 0 Å². The number of aromatic nitrogens is 2. The van der Waals surface area contributed by atoms with Crippen LogP contribution in [0.1, 0.15) is 13.3 Å². The van der Waals surface area contributed by atoms with Gasteiger partial charge in [0, 0.05) is 19.0 Å². The second kappa shape index (κ2) is 4.02. The van der Waals surface area contributed by atoms with Gasteiger partial charge in [0.15, 0.2) is 0 Å². The number of nitrogens with two attached hydrogens (primary N) is 1. The zero-order chi connectivity index (χ0) is 10.8. The minimum atomic E-state index is -0.260. The molecule has 0 bridgehead atoms. The van der Waals surface area contributed by atoms with Crippen LogP contribution in [-0.2, 0) is 0 Å². The maximum absolute atomic E-state index is 9.47. The van der Waals surface area contributed by atoms with Gasteiger partial charge in [0.2, 0.25) is 5.95 Å². The molecule has 1 aromatic heterocycles. The van der Waals surface area contributed by atoms with Crippen molar-refractivity contribution in [3.8, 4) is 0 Å². The normalized spacial score (nSPS) is 23.1. The first-order chi connectivity index (χ1) is 7.16. The Morgan fingerprint density at radius 3 is 2.73 bits per heavy atom. The van der Waals surface area contributed by atoms with E-state index < -0.39 is 0 Å². The Hall–Kier alpha value is -1.36. The van der Waals surface area contributed by atoms with E-state index in [1.54, 1.807) is 12.4 Å². The summed E-state index contributed by atoms with van der Waals surface area (Å²) in [5, 5.41) is 9.47. The third-order valence-corrected chi connectivity index (χ3v) is 2.85. The van der Waals surface area contributed by atoms with Crippen LogP contribution in [0.5, 0.6) is 0 Å². The Balaban J connectivity index is 2.04. The van der Waals surface area contributed by atoms with E-state index in [-0.39, 0.29) is 6.10 Å². The molecule has 0 aliphatic carbocycles. The first-order valence-corrected chi connectivity index (χ1v) is 5.17. The first kappa shape index (κ1) is 10.2. The van der Waals surface area contributed by atoms with Gasteiger partial charge in [-0.1, -0.05) is 0 Å². The van der Waals surface area contributed by atoms with Crippen LogP contribution in [0, 0.1) is 5.92 Å². The molecule has 5 nitrogen and oxygen atoms in total. The molecular weight excluding hydrogens is 192 g/mol. The molecular formula is C10H16N4O. The summed E-state index contributed by atoms with van der Waals surface area (Å²) in [6.07, 6.45) is 3.95. The largest absolute Gasteiger partial charge is 0.396 e. The van der Waals surface area contributed by atoms with Gasteiger partial charge in [-0.3, -0.25) is 0 Å². The molecule has 0 aromatic carbocycles. The summed E-state index contributed by atoms with van der Waals surface area (Å²) < 4.78 is 0. The summed E-state index contributed by atoms with van der Waals surface area (Å²) in [7, 11) is 0. The summed E-state index contributed by atoms with van der Waals surface area (Å²) in [6, 6.07) is 0. The maximum atomic E-state index is 9.47. The highest BCUT2D eigenvalue weighted by Crippen LogP contribution is 2.22. The van der Waals surface area contributed by atoms with Crippen LogP contribution in [0.15, 0.2) is 12.4 Å². The number of nitrogen functional groups attached to an aromatic ring is 1. The molecule has 0 saturated carbocycles. The predicted molar refractivity (Wildman–Crippen MR) is 58.4 cm³/mol. The van der Waals surface area contributed by atoms with E-state index in [0.717, 1.165) is 19.5 Å². The molecule has 1 saturated heterocycles. The number of anilines is 2. The van der Waals surface area contributed by atoms with E-state index in [2.05, 4.69) is 14.9 Å². The Morgan fingerprint density at radius 1 is 1.53 bits per heavy atom. The second-order valence-electron chi connectivity index (χ2n) is 4.05. The average Bonchev–Trinajstić information content (AvgIpc) is 2.68. The Kier molecular flexibility index (Phi) is 2.73. The van der Waals surface area contributed by atoms with Crippen molar-refractivity contribution < 1.29 is 5.11 Å². The number of hydrogen-bond acceptors (Lipinski definition) is 5. The zero-order valence-electron chi connectivity index (χ0n) is 8.80. The fraction of sp³-hybridized carbons (Fsp3) is 0.600. The molecule has 2 heterocycles. The first-order valence-electron chi connectivity index (χ1n) is 5.17. The van der Waals surface area contributed by atoms with Crippen molar-refractivity contribution in [2.24, 2.45) is 5.92 Å². The fourth-order valence-electron chi connectivity index (χ4n) is 1.86. The lowest BCUT2D eigenvalue weighted by Gasteiger charge is -2.17. The molecule has 0 spiro atoms. The number of nitrogens with zero attached hydrogens (tertiary/aromatic N) is 3. The molecule has 15 heavy (non-hydrogen) atoms. The second-order valence-corrected chi connectivity index (χ2v) is 4.05. The van der Waals surface area contributed by atoms with Gasteiger partial charge in [0.1, 0.15) is 0 Å². The van der Waals surface area contributed by atoms with Gasteiger partial charge >= 0.3 is 0 Å². The SMILES string of the molecule is CC(O)C1CCN(c2ncc(N)cn2)C1. The van der Waals surface area contributed by atoms with Crippen LogP contribution >= 0.6 is 0 Å². The van der Waals surface area contributed by atoms with Crippen LogP contribution in [0.3, 0.4) is 0 Å². The Labute approximate surface area is 88.9 Å². The Morgan fingerprint density at radius 2 is 2.20 bits per heavy atom. The minimum absolute atomic E-state index is 0.260. The van der Waals surface area contributed by atoms with Gasteiger partial charge in [-0.15, -0.1) is 0 Å². The summed E-state index contributed by atoms with van der Waals surface area (Å²) in [5.74, 6) is 1.03. The van der Waals surface area contributed by atoms with Crippen molar-refractivity contribution in [2.45, 2.75) is 19.4 Å². The number of hydrogen-bond donors (Lipinski definition) is 2. The monoisotopic (exact) mass is 208 g/mol. The minimum Gasteiger partial charge on any atom is -0.396 e. The zero-order valence-corrected chi connectivity index (χ0v) is 8.80. The van der Waals surface area contributed by atoms with Gasteiger partial charge in [-0.05, 0) is 13.3 Å². The summed E-state index contributed by atoms with van der Waals surface area (Å²) >= 11 is 0. The van der Waals surface area contributed by atoms with E-state index in [4.69, 9.17) is 5.73 Å². The van der Waals surface area contributed by atoms with E-state index in [1.165, 1.54) is 0 Å². The summed E-state index contributed by atoms with van der Waals surface area (Å²) in [6.45, 7) is 3.55. The molecule has 2 atom stereocenters. The standard InChI is InChI=1S/C10H16N4O/c1-7(15)8-2-3-14(6-8)10-12-4-9(11)5-13-10/h4-5,7-8,15H,2-3,6,11H2,1H3. The van der Waals surface area contributed by atoms with E-state index in [1.807, 2.05) is 6.92 Å². The molecule has 0 radical (unpaired) electrons. The van der Waals surface area contributed by atoms with E-state index in [0.29, 0.717) is 17.6 Å².